The molecular weight excluding hydrogens is 276 g/mol. The van der Waals surface area contributed by atoms with Crippen LogP contribution in [0, 0.1) is 6.92 Å². The number of hydrogen-bond acceptors (Lipinski definition) is 3. The predicted molar refractivity (Wildman–Crippen MR) is 88.4 cm³/mol. The Bertz CT molecular complexity index is 821. The number of hydrogen-bond donors (Lipinski definition) is 0. The molecule has 0 amide bonds. The van der Waals surface area contributed by atoms with Gasteiger partial charge in [0.1, 0.15) is 5.71 Å². The van der Waals surface area contributed by atoms with Crippen molar-refractivity contribution in [3.05, 3.63) is 65.3 Å². The Morgan fingerprint density at radius 1 is 1.00 bits per heavy atom. The highest BCUT2D eigenvalue weighted by Crippen LogP contribution is 2.20. The number of benzene rings is 1. The average molecular weight is 291 g/mol. The van der Waals surface area contributed by atoms with Crippen molar-refractivity contribution in [1.82, 2.24) is 0 Å². The Morgan fingerprint density at radius 2 is 1.82 bits per heavy atom. The fourth-order valence-electron chi connectivity index (χ4n) is 2.32. The van der Waals surface area contributed by atoms with Crippen LogP contribution in [0.1, 0.15) is 16.7 Å². The summed E-state index contributed by atoms with van der Waals surface area (Å²) >= 11 is 0. The van der Waals surface area contributed by atoms with Crippen molar-refractivity contribution in [3.63, 3.8) is 0 Å². The molecule has 0 fully saturated rings. The number of ketones is 2. The molecule has 2 aliphatic rings. The van der Waals surface area contributed by atoms with Crippen molar-refractivity contribution in [2.45, 2.75) is 6.92 Å². The standard InChI is InChI=1S/C18H15N2O2/c1-12-7-8-13-9-10-16(21)18(14(13)11-12)20-19-15-5-3-4-6-17(15)22-2/h3-11H,1-2H3/q+1. The molecule has 4 nitrogen and oxygen atoms in total. The molecule has 0 saturated carbocycles. The van der Waals surface area contributed by atoms with Crippen molar-refractivity contribution in [3.8, 4) is 0 Å². The highest BCUT2D eigenvalue weighted by molar-refractivity contribution is 6.53. The van der Waals surface area contributed by atoms with Gasteiger partial charge in [-0.25, -0.2) is 0 Å². The van der Waals surface area contributed by atoms with Crippen molar-refractivity contribution in [2.75, 3.05) is 7.11 Å². The van der Waals surface area contributed by atoms with Crippen LogP contribution in [0.2, 0.25) is 0 Å². The molecule has 1 aromatic carbocycles. The molecule has 0 saturated heterocycles. The van der Waals surface area contributed by atoms with Gasteiger partial charge in [-0.3, -0.25) is 9.22 Å². The number of rotatable bonds is 1. The molecule has 0 aromatic heterocycles. The van der Waals surface area contributed by atoms with E-state index in [1.807, 2.05) is 37.3 Å². The van der Waals surface area contributed by atoms with Crippen LogP contribution in [0.15, 0.2) is 58.8 Å². The third kappa shape index (κ3) is 2.63. The summed E-state index contributed by atoms with van der Waals surface area (Å²) in [4.78, 5) is 12.1. The summed E-state index contributed by atoms with van der Waals surface area (Å²) in [6.45, 7) is 1.98. The van der Waals surface area contributed by atoms with Crippen LogP contribution in [0.25, 0.3) is 6.08 Å². The molecule has 108 valence electrons. The summed E-state index contributed by atoms with van der Waals surface area (Å²) in [6, 6.07) is 5.94. The largest absolute Gasteiger partial charge is 0.370 e. The summed E-state index contributed by atoms with van der Waals surface area (Å²) in [7, 11) is 1.58. The van der Waals surface area contributed by atoms with Gasteiger partial charge in [0, 0.05) is 11.6 Å². The number of fused-ring (bicyclic) bond motifs is 1. The summed E-state index contributed by atoms with van der Waals surface area (Å²) in [5.41, 5.74) is 3.80. The second-order valence-corrected chi connectivity index (χ2v) is 5.01. The Labute approximate surface area is 128 Å². The lowest BCUT2D eigenvalue weighted by atomic mass is 9.93. The lowest BCUT2D eigenvalue weighted by Crippen LogP contribution is -2.18. The Balaban J connectivity index is 2.06. The van der Waals surface area contributed by atoms with E-state index in [9.17, 15) is 4.79 Å². The van der Waals surface area contributed by atoms with Gasteiger partial charge in [-0.05, 0) is 30.7 Å². The van der Waals surface area contributed by atoms with Gasteiger partial charge in [-0.15, -0.1) is 10.2 Å². The second-order valence-electron chi connectivity index (χ2n) is 5.01. The van der Waals surface area contributed by atoms with Gasteiger partial charge >= 0.3 is 5.78 Å². The molecule has 0 aliphatic heterocycles. The van der Waals surface area contributed by atoms with Crippen LogP contribution < -0.4 is 0 Å². The highest BCUT2D eigenvalue weighted by atomic mass is 16.4. The van der Waals surface area contributed by atoms with Crippen LogP contribution in [-0.4, -0.2) is 30.1 Å². The van der Waals surface area contributed by atoms with Crippen molar-refractivity contribution in [2.24, 2.45) is 10.2 Å². The van der Waals surface area contributed by atoms with Crippen LogP contribution in [0.5, 0.6) is 0 Å². The summed E-state index contributed by atoms with van der Waals surface area (Å²) in [5, 5.41) is 8.37. The molecule has 0 atom stereocenters. The van der Waals surface area contributed by atoms with Gasteiger partial charge in [0.2, 0.25) is 5.78 Å². The van der Waals surface area contributed by atoms with E-state index in [2.05, 4.69) is 10.2 Å². The predicted octanol–water partition coefficient (Wildman–Crippen LogP) is 2.60. The molecule has 0 spiro atoms. The Hall–Kier alpha value is -2.88. The molecule has 22 heavy (non-hydrogen) atoms. The molecule has 0 N–H and O–H groups in total. The zero-order chi connectivity index (χ0) is 15.5. The van der Waals surface area contributed by atoms with E-state index in [0.29, 0.717) is 17.2 Å². The maximum atomic E-state index is 12.1. The highest BCUT2D eigenvalue weighted by Gasteiger charge is 2.20. The van der Waals surface area contributed by atoms with Gasteiger partial charge < -0.3 is 0 Å². The second kappa shape index (κ2) is 5.85. The first-order valence-corrected chi connectivity index (χ1v) is 6.94. The minimum absolute atomic E-state index is 0.142. The average Bonchev–Trinajstić information content (AvgIpc) is 2.54. The molecule has 0 unspecified atom stereocenters. The first-order chi connectivity index (χ1) is 10.7. The van der Waals surface area contributed by atoms with Crippen LogP contribution in [0.3, 0.4) is 0 Å². The molecular formula is C18H15N2O2+. The van der Waals surface area contributed by atoms with Crippen molar-refractivity contribution in [1.29, 1.82) is 0 Å². The van der Waals surface area contributed by atoms with Gasteiger partial charge in [-0.2, -0.15) is 0 Å². The van der Waals surface area contributed by atoms with E-state index in [-0.39, 0.29) is 5.78 Å². The topological polar surface area (TPSA) is 53.1 Å². The fourth-order valence-corrected chi connectivity index (χ4v) is 2.32. The molecule has 0 heterocycles. The summed E-state index contributed by atoms with van der Waals surface area (Å²) < 4.78 is 5.24. The number of aryl methyl sites for hydroxylation is 1. The lowest BCUT2D eigenvalue weighted by molar-refractivity contribution is -0.416. The molecule has 0 bridgehead atoms. The van der Waals surface area contributed by atoms with E-state index in [1.165, 1.54) is 6.08 Å². The third-order valence-corrected chi connectivity index (χ3v) is 3.45. The minimum Gasteiger partial charge on any atom is -0.287 e. The minimum atomic E-state index is -0.142. The summed E-state index contributed by atoms with van der Waals surface area (Å²) in [6.07, 6.45) is 10.6. The first kappa shape index (κ1) is 14.1. The monoisotopic (exact) mass is 291 g/mol. The first-order valence-electron chi connectivity index (χ1n) is 6.94. The van der Waals surface area contributed by atoms with E-state index in [1.54, 1.807) is 25.3 Å². The van der Waals surface area contributed by atoms with Gasteiger partial charge in [0.15, 0.2) is 5.71 Å². The molecule has 0 radical (unpaired) electrons. The van der Waals surface area contributed by atoms with E-state index >= 15 is 0 Å². The molecule has 1 aromatic rings. The van der Waals surface area contributed by atoms with E-state index < -0.39 is 0 Å². The lowest BCUT2D eigenvalue weighted by Gasteiger charge is -2.11. The zero-order valence-corrected chi connectivity index (χ0v) is 12.4. The SMILES string of the molecule is C[O+]=C1C=CC=CC1=NN=C1C(=O)C=Cc2ccc(C)cc21. The fraction of sp³-hybridized carbons (Fsp3) is 0.111. The third-order valence-electron chi connectivity index (χ3n) is 3.45. The van der Waals surface area contributed by atoms with Crippen LogP contribution in [-0.2, 0) is 9.22 Å². The van der Waals surface area contributed by atoms with Gasteiger partial charge in [0.25, 0.3) is 7.11 Å². The van der Waals surface area contributed by atoms with Gasteiger partial charge in [0.05, 0.1) is 0 Å². The molecule has 3 rings (SSSR count). The van der Waals surface area contributed by atoms with Crippen molar-refractivity contribution < 1.29 is 9.22 Å². The zero-order valence-electron chi connectivity index (χ0n) is 12.4. The Kier molecular flexibility index (Phi) is 3.74. The maximum absolute atomic E-state index is 12.1. The Morgan fingerprint density at radius 3 is 2.64 bits per heavy atom. The number of carbonyl (C=O) groups is 1. The maximum Gasteiger partial charge on any atom is 0.370 e. The van der Waals surface area contributed by atoms with Crippen molar-refractivity contribution >= 4 is 29.1 Å². The normalized spacial score (nSPS) is 21.9. The number of carbonyl (C=O) groups excluding carboxylic acids is 2. The van der Waals surface area contributed by atoms with E-state index in [0.717, 1.165) is 16.7 Å². The molecule has 4 heteroatoms. The smallest absolute Gasteiger partial charge is 0.287 e. The quantitative estimate of drug-likeness (QED) is 0.446. The summed E-state index contributed by atoms with van der Waals surface area (Å²) in [5.74, 6) is 0.479. The van der Waals surface area contributed by atoms with E-state index in [4.69, 9.17) is 4.42 Å². The number of allylic oxidation sites excluding steroid dienone is 5. The number of nitrogens with zero attached hydrogens (tertiary/aromatic N) is 2. The molecule has 2 aliphatic carbocycles. The van der Waals surface area contributed by atoms with Gasteiger partial charge in [-0.1, -0.05) is 35.9 Å². The van der Waals surface area contributed by atoms with Crippen LogP contribution >= 0.6 is 0 Å². The van der Waals surface area contributed by atoms with Crippen LogP contribution in [0.4, 0.5) is 0 Å².